The molecule has 4 rings (SSSR count). The molecule has 0 aliphatic heterocycles. The van der Waals surface area contributed by atoms with E-state index in [1.54, 1.807) is 72.8 Å². The summed E-state index contributed by atoms with van der Waals surface area (Å²) in [6.45, 7) is 4.25. The molecule has 0 aliphatic rings. The number of Topliss-reactive ketones (excluding diaryl/α,β-unsaturated/α-hetero) is 1. The topological polar surface area (TPSA) is 119 Å². The Labute approximate surface area is 282 Å². The predicted molar refractivity (Wildman–Crippen MR) is 187 cm³/mol. The molecule has 10 heteroatoms. The number of hydrogen-bond acceptors (Lipinski definition) is 7. The number of nitrogens with zero attached hydrogens (tertiary/aromatic N) is 1. The number of rotatable bonds is 18. The highest BCUT2D eigenvalue weighted by Gasteiger charge is 2.19. The summed E-state index contributed by atoms with van der Waals surface area (Å²) in [6, 6.07) is 28.5. The van der Waals surface area contributed by atoms with Gasteiger partial charge in [0.25, 0.3) is 5.91 Å². The number of unbranched alkanes of at least 4 members (excludes halogenated alkanes) is 4. The minimum Gasteiger partial charge on any atom is -0.494 e. The van der Waals surface area contributed by atoms with E-state index in [1.807, 2.05) is 6.07 Å². The molecule has 1 amide bonds. The molecule has 252 valence electrons. The van der Waals surface area contributed by atoms with Crippen molar-refractivity contribution in [3.8, 4) is 11.5 Å². The van der Waals surface area contributed by atoms with E-state index in [0.717, 1.165) is 18.4 Å². The molecular formula is C38H42N2O7S. The zero-order valence-electron chi connectivity index (χ0n) is 27.4. The Morgan fingerprint density at radius 1 is 0.708 bits per heavy atom. The fourth-order valence-corrected chi connectivity index (χ4v) is 6.17. The zero-order valence-corrected chi connectivity index (χ0v) is 28.2. The number of carbonyl (C=O) groups is 3. The molecule has 0 fully saturated rings. The molecule has 1 N–H and O–H groups in total. The summed E-state index contributed by atoms with van der Waals surface area (Å²) >= 11 is 0. The van der Waals surface area contributed by atoms with Crippen LogP contribution in [0.4, 0.5) is 5.69 Å². The van der Waals surface area contributed by atoms with E-state index in [1.165, 1.54) is 55.4 Å². The number of sulfonamides is 1. The lowest BCUT2D eigenvalue weighted by Gasteiger charge is -2.22. The van der Waals surface area contributed by atoms with Crippen LogP contribution in [0.15, 0.2) is 103 Å². The van der Waals surface area contributed by atoms with Crippen molar-refractivity contribution >= 4 is 33.4 Å². The van der Waals surface area contributed by atoms with Gasteiger partial charge in [-0.15, -0.1) is 0 Å². The normalized spacial score (nSPS) is 11.0. The Hall–Kier alpha value is -4.96. The highest BCUT2D eigenvalue weighted by atomic mass is 32.2. The van der Waals surface area contributed by atoms with Gasteiger partial charge in [-0.3, -0.25) is 14.3 Å². The number of ketones is 1. The van der Waals surface area contributed by atoms with Crippen LogP contribution in [0.2, 0.25) is 0 Å². The van der Waals surface area contributed by atoms with Crippen molar-refractivity contribution in [3.63, 3.8) is 0 Å². The standard InChI is InChI=1S/C38H42N2O7S/c1-3-4-5-6-10-25-46-35-23-17-33(18-24-35)38(43)47-36-21-13-30(14-22-36)27-40(26-29(2)41)37(42)32-15-19-34(20-16-32)39-48(44,45)28-31-11-8-7-9-12-31/h7-9,11-24,39H,3-6,10,25-28H2,1-2H3. The third-order valence-electron chi connectivity index (χ3n) is 7.42. The average molecular weight is 671 g/mol. The van der Waals surface area contributed by atoms with E-state index in [4.69, 9.17) is 9.47 Å². The number of benzene rings is 4. The van der Waals surface area contributed by atoms with E-state index in [-0.39, 0.29) is 30.5 Å². The Kier molecular flexibility index (Phi) is 13.3. The van der Waals surface area contributed by atoms with Crippen LogP contribution < -0.4 is 14.2 Å². The van der Waals surface area contributed by atoms with E-state index < -0.39 is 16.0 Å². The van der Waals surface area contributed by atoms with Crippen molar-refractivity contribution in [2.24, 2.45) is 0 Å². The highest BCUT2D eigenvalue weighted by molar-refractivity contribution is 7.91. The lowest BCUT2D eigenvalue weighted by Crippen LogP contribution is -2.34. The second-order valence-electron chi connectivity index (χ2n) is 11.6. The van der Waals surface area contributed by atoms with Gasteiger partial charge in [0.1, 0.15) is 17.3 Å². The lowest BCUT2D eigenvalue weighted by atomic mass is 10.1. The van der Waals surface area contributed by atoms with Gasteiger partial charge in [-0.25, -0.2) is 13.2 Å². The Balaban J connectivity index is 1.31. The van der Waals surface area contributed by atoms with Gasteiger partial charge < -0.3 is 14.4 Å². The zero-order chi connectivity index (χ0) is 34.4. The molecule has 9 nitrogen and oxygen atoms in total. The quantitative estimate of drug-likeness (QED) is 0.0665. The molecule has 0 atom stereocenters. The molecule has 4 aromatic carbocycles. The third-order valence-corrected chi connectivity index (χ3v) is 8.68. The molecule has 0 unspecified atom stereocenters. The summed E-state index contributed by atoms with van der Waals surface area (Å²) in [7, 11) is -3.66. The predicted octanol–water partition coefficient (Wildman–Crippen LogP) is 7.43. The minimum absolute atomic E-state index is 0.112. The first kappa shape index (κ1) is 35.9. The van der Waals surface area contributed by atoms with Gasteiger partial charge in [0, 0.05) is 17.8 Å². The maximum atomic E-state index is 13.4. The van der Waals surface area contributed by atoms with Gasteiger partial charge in [-0.1, -0.05) is 75.1 Å². The van der Waals surface area contributed by atoms with Gasteiger partial charge in [-0.2, -0.15) is 0 Å². The molecular weight excluding hydrogens is 628 g/mol. The fraction of sp³-hybridized carbons (Fsp3) is 0.289. The van der Waals surface area contributed by atoms with E-state index in [0.29, 0.717) is 40.5 Å². The number of carbonyl (C=O) groups excluding carboxylic acids is 3. The average Bonchev–Trinajstić information content (AvgIpc) is 3.07. The van der Waals surface area contributed by atoms with Crippen LogP contribution in [0.1, 0.15) is 77.8 Å². The fourth-order valence-electron chi connectivity index (χ4n) is 4.97. The number of esters is 1. The summed E-state index contributed by atoms with van der Waals surface area (Å²) in [4.78, 5) is 39.5. The molecule has 0 saturated heterocycles. The molecule has 4 aromatic rings. The summed E-state index contributed by atoms with van der Waals surface area (Å²) < 4.78 is 39.0. The van der Waals surface area contributed by atoms with E-state index in [9.17, 15) is 22.8 Å². The minimum atomic E-state index is -3.66. The van der Waals surface area contributed by atoms with Crippen molar-refractivity contribution in [1.82, 2.24) is 4.90 Å². The molecule has 0 bridgehead atoms. The van der Waals surface area contributed by atoms with Crippen LogP contribution in [0.3, 0.4) is 0 Å². The molecule has 0 spiro atoms. The first-order chi connectivity index (χ1) is 23.1. The van der Waals surface area contributed by atoms with Gasteiger partial charge >= 0.3 is 5.97 Å². The molecule has 0 radical (unpaired) electrons. The van der Waals surface area contributed by atoms with Gasteiger partial charge in [-0.05, 0) is 85.1 Å². The number of amides is 1. The summed E-state index contributed by atoms with van der Waals surface area (Å²) in [5, 5.41) is 0. The molecule has 0 saturated carbocycles. The van der Waals surface area contributed by atoms with Crippen LogP contribution in [0, 0.1) is 0 Å². The monoisotopic (exact) mass is 670 g/mol. The van der Waals surface area contributed by atoms with Crippen LogP contribution in [0.25, 0.3) is 0 Å². The van der Waals surface area contributed by atoms with Crippen LogP contribution >= 0.6 is 0 Å². The van der Waals surface area contributed by atoms with E-state index in [2.05, 4.69) is 11.6 Å². The largest absolute Gasteiger partial charge is 0.494 e. The number of ether oxygens (including phenoxy) is 2. The molecule has 0 aromatic heterocycles. The van der Waals surface area contributed by atoms with Crippen LogP contribution in [-0.2, 0) is 27.1 Å². The summed E-state index contributed by atoms with van der Waals surface area (Å²) in [5.74, 6) is -0.221. The van der Waals surface area contributed by atoms with Crippen molar-refractivity contribution in [2.45, 2.75) is 58.2 Å². The Morgan fingerprint density at radius 3 is 1.98 bits per heavy atom. The van der Waals surface area contributed by atoms with Gasteiger partial charge in [0.15, 0.2) is 0 Å². The summed E-state index contributed by atoms with van der Waals surface area (Å²) in [5.41, 5.74) is 2.40. The van der Waals surface area contributed by atoms with Crippen molar-refractivity contribution in [3.05, 3.63) is 125 Å². The Bertz CT molecular complexity index is 1740. The highest BCUT2D eigenvalue weighted by Crippen LogP contribution is 2.20. The Morgan fingerprint density at radius 2 is 1.33 bits per heavy atom. The summed E-state index contributed by atoms with van der Waals surface area (Å²) in [6.07, 6.45) is 5.78. The molecule has 0 aliphatic carbocycles. The second-order valence-corrected chi connectivity index (χ2v) is 13.3. The first-order valence-electron chi connectivity index (χ1n) is 16.1. The van der Waals surface area contributed by atoms with Gasteiger partial charge in [0.2, 0.25) is 10.0 Å². The maximum Gasteiger partial charge on any atom is 0.343 e. The number of anilines is 1. The van der Waals surface area contributed by atoms with E-state index >= 15 is 0 Å². The van der Waals surface area contributed by atoms with Gasteiger partial charge in [0.05, 0.1) is 24.5 Å². The number of nitrogens with one attached hydrogen (secondary N) is 1. The van der Waals surface area contributed by atoms with Crippen molar-refractivity contribution in [1.29, 1.82) is 0 Å². The number of hydrogen-bond donors (Lipinski definition) is 1. The maximum absolute atomic E-state index is 13.4. The second kappa shape index (κ2) is 17.8. The SMILES string of the molecule is CCCCCCCOc1ccc(C(=O)Oc2ccc(CN(CC(C)=O)C(=O)c3ccc(NS(=O)(=O)Cc4ccccc4)cc3)cc2)cc1. The first-order valence-corrected chi connectivity index (χ1v) is 17.7. The van der Waals surface area contributed by atoms with Crippen molar-refractivity contribution < 1.29 is 32.3 Å². The third kappa shape index (κ3) is 11.7. The molecule has 48 heavy (non-hydrogen) atoms. The smallest absolute Gasteiger partial charge is 0.343 e. The molecule has 0 heterocycles. The van der Waals surface area contributed by atoms with Crippen LogP contribution in [-0.4, -0.2) is 44.1 Å². The lowest BCUT2D eigenvalue weighted by molar-refractivity contribution is -0.117. The van der Waals surface area contributed by atoms with Crippen molar-refractivity contribution in [2.75, 3.05) is 17.9 Å². The van der Waals surface area contributed by atoms with Crippen LogP contribution in [0.5, 0.6) is 11.5 Å².